The molecule has 0 aliphatic heterocycles. The Balaban J connectivity index is 1.64. The summed E-state index contributed by atoms with van der Waals surface area (Å²) in [5.74, 6) is -0.106. The zero-order chi connectivity index (χ0) is 19.1. The number of carbonyl (C=O) groups excluding carboxylic acids is 2. The van der Waals surface area contributed by atoms with E-state index in [9.17, 15) is 9.59 Å². The predicted octanol–water partition coefficient (Wildman–Crippen LogP) is 4.60. The second-order valence-electron chi connectivity index (χ2n) is 6.17. The van der Waals surface area contributed by atoms with Gasteiger partial charge in [-0.05, 0) is 35.9 Å². The number of anilines is 2. The topological polar surface area (TPSA) is 61.4 Å². The molecule has 0 aliphatic rings. The Hall–Kier alpha value is -3.60. The van der Waals surface area contributed by atoms with Gasteiger partial charge in [-0.15, -0.1) is 0 Å². The third-order valence-electron chi connectivity index (χ3n) is 4.01. The molecule has 3 amide bonds. The van der Waals surface area contributed by atoms with E-state index < -0.39 is 0 Å². The Bertz CT molecular complexity index is 911. The summed E-state index contributed by atoms with van der Waals surface area (Å²) < 4.78 is 0. The largest absolute Gasteiger partial charge is 0.337 e. The maximum atomic E-state index is 12.7. The third-order valence-corrected chi connectivity index (χ3v) is 4.01. The van der Waals surface area contributed by atoms with Crippen molar-refractivity contribution < 1.29 is 9.59 Å². The van der Waals surface area contributed by atoms with Crippen LogP contribution in [-0.4, -0.2) is 23.9 Å². The first-order chi connectivity index (χ1) is 13.1. The quantitative estimate of drug-likeness (QED) is 0.699. The van der Waals surface area contributed by atoms with Crippen LogP contribution >= 0.6 is 0 Å². The second-order valence-corrected chi connectivity index (χ2v) is 6.17. The van der Waals surface area contributed by atoms with Crippen LogP contribution in [0.4, 0.5) is 16.2 Å². The number of carbonyl (C=O) groups is 2. The van der Waals surface area contributed by atoms with Gasteiger partial charge in [-0.1, -0.05) is 54.6 Å². The zero-order valence-electron chi connectivity index (χ0n) is 15.1. The molecule has 136 valence electrons. The fourth-order valence-electron chi connectivity index (χ4n) is 2.69. The molecule has 0 spiro atoms. The normalized spacial score (nSPS) is 10.1. The smallest absolute Gasteiger partial charge is 0.323 e. The van der Waals surface area contributed by atoms with Crippen LogP contribution in [0.15, 0.2) is 84.9 Å². The molecule has 0 unspecified atom stereocenters. The van der Waals surface area contributed by atoms with Crippen LogP contribution in [0.3, 0.4) is 0 Å². The average molecular weight is 359 g/mol. The van der Waals surface area contributed by atoms with Gasteiger partial charge in [-0.3, -0.25) is 4.79 Å². The standard InChI is InChI=1S/C22H21N3O2/c1-25(16-17-9-4-2-5-10-17)21(26)18-11-8-14-20(15-18)24-22(27)23-19-12-6-3-7-13-19/h2-15H,16H2,1H3,(H2,23,24,27). The highest BCUT2D eigenvalue weighted by Crippen LogP contribution is 2.15. The Morgan fingerprint density at radius 1 is 0.778 bits per heavy atom. The van der Waals surface area contributed by atoms with E-state index in [1.165, 1.54) is 0 Å². The second kappa shape index (κ2) is 8.67. The number of para-hydroxylation sites is 1. The molecule has 0 bridgehead atoms. The van der Waals surface area contributed by atoms with Gasteiger partial charge in [0.1, 0.15) is 0 Å². The highest BCUT2D eigenvalue weighted by Gasteiger charge is 2.13. The van der Waals surface area contributed by atoms with E-state index in [0.29, 0.717) is 23.5 Å². The lowest BCUT2D eigenvalue weighted by Crippen LogP contribution is -2.26. The first-order valence-corrected chi connectivity index (χ1v) is 8.64. The average Bonchev–Trinajstić information content (AvgIpc) is 2.69. The molecule has 0 heterocycles. The first-order valence-electron chi connectivity index (χ1n) is 8.64. The van der Waals surface area contributed by atoms with Crippen LogP contribution in [0.5, 0.6) is 0 Å². The summed E-state index contributed by atoms with van der Waals surface area (Å²) in [6.07, 6.45) is 0. The Morgan fingerprint density at radius 3 is 2.07 bits per heavy atom. The van der Waals surface area contributed by atoms with Gasteiger partial charge in [-0.25, -0.2) is 4.79 Å². The van der Waals surface area contributed by atoms with E-state index in [-0.39, 0.29) is 11.9 Å². The number of urea groups is 1. The van der Waals surface area contributed by atoms with Crippen molar-refractivity contribution in [1.29, 1.82) is 0 Å². The van der Waals surface area contributed by atoms with Crippen LogP contribution < -0.4 is 10.6 Å². The van der Waals surface area contributed by atoms with Crippen molar-refractivity contribution in [3.05, 3.63) is 96.1 Å². The van der Waals surface area contributed by atoms with Crippen molar-refractivity contribution in [1.82, 2.24) is 4.90 Å². The molecule has 0 aromatic heterocycles. The highest BCUT2D eigenvalue weighted by molar-refractivity contribution is 6.01. The number of benzene rings is 3. The first kappa shape index (κ1) is 18.2. The molecule has 0 atom stereocenters. The summed E-state index contributed by atoms with van der Waals surface area (Å²) in [6.45, 7) is 0.520. The lowest BCUT2D eigenvalue weighted by Gasteiger charge is -2.18. The van der Waals surface area contributed by atoms with Gasteiger partial charge in [0.2, 0.25) is 0 Å². The number of amides is 3. The molecule has 0 fully saturated rings. The van der Waals surface area contributed by atoms with Gasteiger partial charge >= 0.3 is 6.03 Å². The minimum absolute atomic E-state index is 0.106. The van der Waals surface area contributed by atoms with Crippen molar-refractivity contribution in [3.63, 3.8) is 0 Å². The van der Waals surface area contributed by atoms with Gasteiger partial charge in [0, 0.05) is 30.5 Å². The molecule has 0 radical (unpaired) electrons. The van der Waals surface area contributed by atoms with Crippen LogP contribution in [-0.2, 0) is 6.54 Å². The molecule has 0 saturated heterocycles. The number of nitrogens with one attached hydrogen (secondary N) is 2. The monoisotopic (exact) mass is 359 g/mol. The van der Waals surface area contributed by atoms with E-state index in [4.69, 9.17) is 0 Å². The maximum absolute atomic E-state index is 12.7. The maximum Gasteiger partial charge on any atom is 0.323 e. The molecule has 3 rings (SSSR count). The van der Waals surface area contributed by atoms with Crippen LogP contribution in [0.2, 0.25) is 0 Å². The van der Waals surface area contributed by atoms with Gasteiger partial charge in [0.05, 0.1) is 0 Å². The summed E-state index contributed by atoms with van der Waals surface area (Å²) in [7, 11) is 1.76. The zero-order valence-corrected chi connectivity index (χ0v) is 15.1. The summed E-state index contributed by atoms with van der Waals surface area (Å²) in [5.41, 5.74) is 2.84. The number of hydrogen-bond acceptors (Lipinski definition) is 2. The SMILES string of the molecule is CN(Cc1ccccc1)C(=O)c1cccc(NC(=O)Nc2ccccc2)c1. The molecule has 0 aliphatic carbocycles. The van der Waals surface area contributed by atoms with Crippen LogP contribution in [0.1, 0.15) is 15.9 Å². The van der Waals surface area contributed by atoms with Gasteiger partial charge < -0.3 is 15.5 Å². The molecular weight excluding hydrogens is 338 g/mol. The molecule has 2 N–H and O–H groups in total. The summed E-state index contributed by atoms with van der Waals surface area (Å²) in [4.78, 5) is 26.4. The fraction of sp³-hybridized carbons (Fsp3) is 0.0909. The minimum Gasteiger partial charge on any atom is -0.337 e. The Labute approximate surface area is 158 Å². The van der Waals surface area contributed by atoms with Crippen molar-refractivity contribution in [2.75, 3.05) is 17.7 Å². The highest BCUT2D eigenvalue weighted by atomic mass is 16.2. The summed E-state index contributed by atoms with van der Waals surface area (Å²) >= 11 is 0. The van der Waals surface area contributed by atoms with Crippen molar-refractivity contribution in [2.24, 2.45) is 0 Å². The van der Waals surface area contributed by atoms with Gasteiger partial charge in [0.25, 0.3) is 5.91 Å². The molecule has 5 nitrogen and oxygen atoms in total. The summed E-state index contributed by atoms with van der Waals surface area (Å²) in [6, 6.07) is 25.5. The van der Waals surface area contributed by atoms with Gasteiger partial charge in [-0.2, -0.15) is 0 Å². The predicted molar refractivity (Wildman–Crippen MR) is 108 cm³/mol. The molecule has 0 saturated carbocycles. The minimum atomic E-state index is -0.358. The van der Waals surface area contributed by atoms with Crippen LogP contribution in [0.25, 0.3) is 0 Å². The van der Waals surface area contributed by atoms with E-state index >= 15 is 0 Å². The van der Waals surface area contributed by atoms with Crippen molar-refractivity contribution in [2.45, 2.75) is 6.54 Å². The molecule has 5 heteroatoms. The lowest BCUT2D eigenvalue weighted by molar-refractivity contribution is 0.0785. The van der Waals surface area contributed by atoms with E-state index in [1.54, 1.807) is 48.3 Å². The van der Waals surface area contributed by atoms with Crippen LogP contribution in [0, 0.1) is 0 Å². The van der Waals surface area contributed by atoms with E-state index in [2.05, 4.69) is 10.6 Å². The number of hydrogen-bond donors (Lipinski definition) is 2. The Morgan fingerprint density at radius 2 is 1.37 bits per heavy atom. The number of nitrogens with zero attached hydrogens (tertiary/aromatic N) is 1. The van der Waals surface area contributed by atoms with Gasteiger partial charge in [0.15, 0.2) is 0 Å². The number of rotatable bonds is 5. The fourth-order valence-corrected chi connectivity index (χ4v) is 2.69. The lowest BCUT2D eigenvalue weighted by atomic mass is 10.1. The molecule has 3 aromatic carbocycles. The van der Waals surface area contributed by atoms with Crippen molar-refractivity contribution in [3.8, 4) is 0 Å². The van der Waals surface area contributed by atoms with Crippen molar-refractivity contribution >= 4 is 23.3 Å². The van der Waals surface area contributed by atoms with E-state index in [0.717, 1.165) is 5.56 Å². The molecule has 3 aromatic rings. The summed E-state index contributed by atoms with van der Waals surface area (Å²) in [5, 5.41) is 5.50. The van der Waals surface area contributed by atoms with E-state index in [1.807, 2.05) is 48.5 Å². The molecule has 27 heavy (non-hydrogen) atoms. The Kier molecular flexibility index (Phi) is 5.84. The molecular formula is C22H21N3O2. The third kappa shape index (κ3) is 5.19.